The number of benzene rings is 2. The molecule has 0 radical (unpaired) electrons. The topological polar surface area (TPSA) is 25.4 Å². The molecule has 3 heteroatoms. The Balaban J connectivity index is 1.68. The molecule has 0 amide bonds. The summed E-state index contributed by atoms with van der Waals surface area (Å²) in [5, 5.41) is 1.20. The Bertz CT molecular complexity index is 1080. The van der Waals surface area contributed by atoms with Crippen LogP contribution in [-0.2, 0) is 0 Å². The van der Waals surface area contributed by atoms with Crippen LogP contribution in [0.1, 0.15) is 35.4 Å². The highest BCUT2D eigenvalue weighted by molar-refractivity contribution is 5.84. The standard InChI is InChI=1S/C27H30N2O/c1-4-19-17-29-14-12-20(19)15-26(29)27(22-8-6-5-7-18(22)2)23-11-13-28-25-10-9-21(30-3)16-24(23)25/h4-11,13,16,19-20,26-27H,1,12,14-15,17H2,2-3H3/t19-,20-,26-,27-/m0/s1. The van der Waals surface area contributed by atoms with Gasteiger partial charge in [0.1, 0.15) is 5.75 Å². The van der Waals surface area contributed by atoms with Crippen LogP contribution in [0.25, 0.3) is 10.9 Å². The molecule has 2 bridgehead atoms. The summed E-state index contributed by atoms with van der Waals surface area (Å²) in [6.45, 7) is 8.68. The Morgan fingerprint density at radius 3 is 2.77 bits per heavy atom. The van der Waals surface area contributed by atoms with Crippen molar-refractivity contribution in [1.29, 1.82) is 0 Å². The zero-order valence-corrected chi connectivity index (χ0v) is 17.9. The first-order chi connectivity index (χ1) is 14.7. The number of aryl methyl sites for hydroxylation is 1. The molecule has 0 spiro atoms. The fourth-order valence-electron chi connectivity index (χ4n) is 5.79. The summed E-state index contributed by atoms with van der Waals surface area (Å²) in [4.78, 5) is 7.37. The van der Waals surface area contributed by atoms with Crippen molar-refractivity contribution in [1.82, 2.24) is 9.88 Å². The van der Waals surface area contributed by atoms with Gasteiger partial charge in [-0.2, -0.15) is 0 Å². The van der Waals surface area contributed by atoms with Crippen molar-refractivity contribution < 1.29 is 4.74 Å². The quantitative estimate of drug-likeness (QED) is 0.525. The van der Waals surface area contributed by atoms with Crippen molar-refractivity contribution in [2.45, 2.75) is 31.7 Å². The number of pyridine rings is 1. The number of ether oxygens (including phenoxy) is 1. The highest BCUT2D eigenvalue weighted by Gasteiger charge is 2.43. The highest BCUT2D eigenvalue weighted by atomic mass is 16.5. The maximum atomic E-state index is 5.56. The number of rotatable bonds is 5. The van der Waals surface area contributed by atoms with Gasteiger partial charge in [-0.1, -0.05) is 30.3 Å². The lowest BCUT2D eigenvalue weighted by atomic mass is 9.69. The SMILES string of the molecule is C=C[C@H]1CN2CC[C@H]1C[C@H]2[C@@H](c1ccccc1C)c1ccnc2ccc(OC)cc12. The molecule has 3 nitrogen and oxygen atoms in total. The van der Waals surface area contributed by atoms with Crippen LogP contribution in [0.5, 0.6) is 5.75 Å². The second-order valence-corrected chi connectivity index (χ2v) is 8.86. The lowest BCUT2D eigenvalue weighted by molar-refractivity contribution is 0.0121. The van der Waals surface area contributed by atoms with Crippen LogP contribution in [0, 0.1) is 18.8 Å². The van der Waals surface area contributed by atoms with E-state index in [1.54, 1.807) is 7.11 Å². The van der Waals surface area contributed by atoms with Gasteiger partial charge in [0, 0.05) is 30.1 Å². The van der Waals surface area contributed by atoms with E-state index in [9.17, 15) is 0 Å². The third kappa shape index (κ3) is 3.22. The Morgan fingerprint density at radius 1 is 1.17 bits per heavy atom. The first kappa shape index (κ1) is 19.3. The van der Waals surface area contributed by atoms with Gasteiger partial charge in [-0.05, 0) is 79.1 Å². The summed E-state index contributed by atoms with van der Waals surface area (Å²) in [5.74, 6) is 2.57. The zero-order valence-electron chi connectivity index (χ0n) is 17.9. The largest absolute Gasteiger partial charge is 0.497 e. The molecule has 3 saturated heterocycles. The lowest BCUT2D eigenvalue weighted by Crippen LogP contribution is -2.55. The highest BCUT2D eigenvalue weighted by Crippen LogP contribution is 2.46. The minimum atomic E-state index is 0.317. The van der Waals surface area contributed by atoms with Crippen molar-refractivity contribution in [3.8, 4) is 5.75 Å². The fraction of sp³-hybridized carbons (Fsp3) is 0.370. The summed E-state index contributed by atoms with van der Waals surface area (Å²) in [6, 6.07) is 17.9. The van der Waals surface area contributed by atoms with Crippen LogP contribution in [0.3, 0.4) is 0 Å². The summed E-state index contributed by atoms with van der Waals surface area (Å²) in [7, 11) is 1.73. The maximum Gasteiger partial charge on any atom is 0.119 e. The van der Waals surface area contributed by atoms with E-state index < -0.39 is 0 Å². The Hall–Kier alpha value is -2.65. The van der Waals surface area contributed by atoms with Crippen LogP contribution in [0.2, 0.25) is 0 Å². The van der Waals surface area contributed by atoms with E-state index in [0.717, 1.165) is 23.7 Å². The van der Waals surface area contributed by atoms with E-state index >= 15 is 0 Å². The summed E-state index contributed by atoms with van der Waals surface area (Å²) < 4.78 is 5.56. The van der Waals surface area contributed by atoms with Crippen molar-refractivity contribution >= 4 is 10.9 Å². The second-order valence-electron chi connectivity index (χ2n) is 8.86. The number of piperidine rings is 3. The molecule has 0 N–H and O–H groups in total. The Labute approximate surface area is 179 Å². The van der Waals surface area contributed by atoms with Crippen molar-refractivity contribution in [2.75, 3.05) is 20.2 Å². The molecular weight excluding hydrogens is 368 g/mol. The zero-order chi connectivity index (χ0) is 20.7. The fourth-order valence-corrected chi connectivity index (χ4v) is 5.79. The van der Waals surface area contributed by atoms with Crippen LogP contribution < -0.4 is 4.74 Å². The molecule has 30 heavy (non-hydrogen) atoms. The molecule has 3 aliphatic rings. The predicted octanol–water partition coefficient (Wildman–Crippen LogP) is 5.58. The van der Waals surface area contributed by atoms with Gasteiger partial charge in [-0.3, -0.25) is 9.88 Å². The molecule has 2 aromatic carbocycles. The third-order valence-electron chi connectivity index (χ3n) is 7.38. The first-order valence-electron chi connectivity index (χ1n) is 11.0. The molecular formula is C27H30N2O. The van der Waals surface area contributed by atoms with E-state index in [0.29, 0.717) is 17.9 Å². The molecule has 3 aliphatic heterocycles. The van der Waals surface area contributed by atoms with Crippen LogP contribution in [0.15, 0.2) is 67.4 Å². The summed E-state index contributed by atoms with van der Waals surface area (Å²) in [5.41, 5.74) is 5.19. The van der Waals surface area contributed by atoms with Crippen LogP contribution in [0.4, 0.5) is 0 Å². The molecule has 3 aromatic rings. The van der Waals surface area contributed by atoms with E-state index in [4.69, 9.17) is 4.74 Å². The van der Waals surface area contributed by atoms with E-state index in [2.05, 4.69) is 71.9 Å². The van der Waals surface area contributed by atoms with Gasteiger partial charge < -0.3 is 4.74 Å². The van der Waals surface area contributed by atoms with Crippen LogP contribution >= 0.6 is 0 Å². The molecule has 154 valence electrons. The minimum absolute atomic E-state index is 0.317. The van der Waals surface area contributed by atoms with Gasteiger partial charge >= 0.3 is 0 Å². The molecule has 5 atom stereocenters. The Kier molecular flexibility index (Phi) is 5.08. The average molecular weight is 399 g/mol. The predicted molar refractivity (Wildman–Crippen MR) is 123 cm³/mol. The number of aromatic nitrogens is 1. The van der Waals surface area contributed by atoms with Gasteiger partial charge in [0.15, 0.2) is 0 Å². The van der Waals surface area contributed by atoms with Gasteiger partial charge in [0.05, 0.1) is 12.6 Å². The normalized spacial score (nSPS) is 26.5. The van der Waals surface area contributed by atoms with Gasteiger partial charge in [0.25, 0.3) is 0 Å². The molecule has 1 aromatic heterocycles. The Morgan fingerprint density at radius 2 is 2.03 bits per heavy atom. The van der Waals surface area contributed by atoms with Crippen molar-refractivity contribution in [3.63, 3.8) is 0 Å². The van der Waals surface area contributed by atoms with Gasteiger partial charge in [-0.25, -0.2) is 0 Å². The van der Waals surface area contributed by atoms with Crippen molar-refractivity contribution in [2.24, 2.45) is 11.8 Å². The molecule has 0 aliphatic carbocycles. The lowest BCUT2D eigenvalue weighted by Gasteiger charge is -2.52. The summed E-state index contributed by atoms with van der Waals surface area (Å²) in [6.07, 6.45) is 6.67. The maximum absolute atomic E-state index is 5.56. The third-order valence-corrected chi connectivity index (χ3v) is 7.38. The van der Waals surface area contributed by atoms with E-state index in [1.807, 2.05) is 12.3 Å². The van der Waals surface area contributed by atoms with E-state index in [1.165, 1.54) is 41.5 Å². The minimum Gasteiger partial charge on any atom is -0.497 e. The summed E-state index contributed by atoms with van der Waals surface area (Å²) >= 11 is 0. The molecule has 6 rings (SSSR count). The number of fused-ring (bicyclic) bond motifs is 4. The molecule has 3 fully saturated rings. The number of methoxy groups -OCH3 is 1. The molecule has 1 unspecified atom stereocenters. The second kappa shape index (κ2) is 7.88. The number of nitrogens with zero attached hydrogens (tertiary/aromatic N) is 2. The number of hydrogen-bond donors (Lipinski definition) is 0. The molecule has 4 heterocycles. The first-order valence-corrected chi connectivity index (χ1v) is 11.0. The molecule has 0 saturated carbocycles. The van der Waals surface area contributed by atoms with Gasteiger partial charge in [0.2, 0.25) is 0 Å². The van der Waals surface area contributed by atoms with E-state index in [-0.39, 0.29) is 0 Å². The number of hydrogen-bond acceptors (Lipinski definition) is 3. The smallest absolute Gasteiger partial charge is 0.119 e. The van der Waals surface area contributed by atoms with Crippen LogP contribution in [-0.4, -0.2) is 36.1 Å². The van der Waals surface area contributed by atoms with Gasteiger partial charge in [-0.15, -0.1) is 6.58 Å². The van der Waals surface area contributed by atoms with Crippen molar-refractivity contribution in [3.05, 3.63) is 84.1 Å². The monoisotopic (exact) mass is 398 g/mol. The average Bonchev–Trinajstić information content (AvgIpc) is 2.80.